The third kappa shape index (κ3) is 4.29. The summed E-state index contributed by atoms with van der Waals surface area (Å²) in [6, 6.07) is 2.85. The number of ether oxygens (including phenoxy) is 2. The van der Waals surface area contributed by atoms with Gasteiger partial charge in [-0.15, -0.1) is 0 Å². The van der Waals surface area contributed by atoms with Crippen LogP contribution in [0.25, 0.3) is 0 Å². The number of nitriles is 1. The largest absolute Gasteiger partial charge is 0.450 e. The molecule has 13 heteroatoms. The molecule has 1 aromatic rings. The Morgan fingerprint density at radius 3 is 2.43 bits per heavy atom. The summed E-state index contributed by atoms with van der Waals surface area (Å²) >= 11 is 0. The number of nitrogens with one attached hydrogen (secondary N) is 1. The fourth-order valence-electron chi connectivity index (χ4n) is 5.73. The number of fused-ring (bicyclic) bond motifs is 5. The van der Waals surface area contributed by atoms with Crippen LogP contribution in [0.3, 0.4) is 0 Å². The molecule has 1 aromatic carbocycles. The number of alkyl carbamates (subject to hydrolysis) is 1. The fraction of sp³-hybridized carbons (Fsp3) is 0.583. The molecule has 3 aliphatic heterocycles. The smallest absolute Gasteiger partial charge is 0.420 e. The van der Waals surface area contributed by atoms with E-state index in [0.29, 0.717) is 4.90 Å². The molecule has 3 fully saturated rings. The molecule has 4 rings (SSSR count). The third-order valence-electron chi connectivity index (χ3n) is 7.48. The summed E-state index contributed by atoms with van der Waals surface area (Å²) < 4.78 is 67.1. The fourth-order valence-corrected chi connectivity index (χ4v) is 6.44. The number of hydrogen-bond donors (Lipinski definition) is 1. The molecule has 0 spiro atoms. The van der Waals surface area contributed by atoms with E-state index in [1.54, 1.807) is 13.8 Å². The maximum Gasteiger partial charge on any atom is 0.420 e. The van der Waals surface area contributed by atoms with Crippen molar-refractivity contribution in [1.29, 1.82) is 5.26 Å². The van der Waals surface area contributed by atoms with Crippen molar-refractivity contribution in [2.45, 2.75) is 69.4 Å². The van der Waals surface area contributed by atoms with Gasteiger partial charge in [-0.05, 0) is 32.0 Å². The molecule has 3 saturated heterocycles. The van der Waals surface area contributed by atoms with E-state index in [1.165, 1.54) is 6.07 Å². The van der Waals surface area contributed by atoms with Crippen LogP contribution in [-0.2, 0) is 25.2 Å². The Morgan fingerprint density at radius 2 is 1.86 bits per heavy atom. The average molecular weight is 542 g/mol. The van der Waals surface area contributed by atoms with Crippen molar-refractivity contribution in [2.24, 2.45) is 11.8 Å². The molecule has 0 aromatic heterocycles. The highest BCUT2D eigenvalue weighted by Crippen LogP contribution is 2.61. The average Bonchev–Trinajstić information content (AvgIpc) is 3.26. The summed E-state index contributed by atoms with van der Waals surface area (Å²) in [4.78, 5) is 39.7. The molecule has 3 heterocycles. The Bertz CT molecular complexity index is 1230. The Morgan fingerprint density at radius 1 is 1.24 bits per heavy atom. The van der Waals surface area contributed by atoms with Crippen LogP contribution < -0.4 is 10.2 Å². The van der Waals surface area contributed by atoms with Gasteiger partial charge in [0.25, 0.3) is 0 Å². The Hall–Kier alpha value is -2.98. The van der Waals surface area contributed by atoms with Gasteiger partial charge in [-0.1, -0.05) is 19.6 Å². The molecule has 200 valence electrons. The van der Waals surface area contributed by atoms with Crippen molar-refractivity contribution >= 4 is 31.7 Å². The van der Waals surface area contributed by atoms with Crippen LogP contribution in [0.4, 0.5) is 28.0 Å². The molecule has 1 N–H and O–H groups in total. The van der Waals surface area contributed by atoms with Crippen LogP contribution in [0, 0.1) is 29.0 Å². The van der Waals surface area contributed by atoms with Crippen LogP contribution in [0.5, 0.6) is 0 Å². The van der Waals surface area contributed by atoms with Gasteiger partial charge in [-0.25, -0.2) is 14.1 Å². The SMILES string of the molecule is C[C@@]12O[C@@](C)(C[C@@H]1NC(=O)OCC[Si](C)(C)C)[C@@H]1C(=O)N(c3ccc(C#N)c(C(F)(F)F)c3F)C(=O)[C@@H]12. The summed E-state index contributed by atoms with van der Waals surface area (Å²) in [6.45, 7) is 9.73. The molecule has 8 nitrogen and oxygen atoms in total. The summed E-state index contributed by atoms with van der Waals surface area (Å²) in [7, 11) is -1.45. The van der Waals surface area contributed by atoms with Crippen molar-refractivity contribution in [3.05, 3.63) is 29.1 Å². The van der Waals surface area contributed by atoms with Crippen molar-refractivity contribution in [3.63, 3.8) is 0 Å². The highest BCUT2D eigenvalue weighted by Gasteiger charge is 2.76. The molecular weight excluding hydrogens is 514 g/mol. The number of halogens is 4. The van der Waals surface area contributed by atoms with E-state index < -0.39 is 83.9 Å². The molecule has 0 aliphatic carbocycles. The first-order chi connectivity index (χ1) is 16.9. The standard InChI is InChI=1S/C24H27F4N3O5Si/c1-22-10-14(30-21(34)35-8-9-37(3,4)5)23(2,36-22)17-16(22)19(32)31(20(17)33)13-7-6-12(11-29)15(18(13)25)24(26,27)28/h6-7,14,16-17H,8-10H2,1-5H3,(H,30,34)/t14-,16-,17+,22-,23+/m0/s1. The molecule has 5 atom stereocenters. The second kappa shape index (κ2) is 8.52. The zero-order chi connectivity index (χ0) is 27.7. The highest BCUT2D eigenvalue weighted by molar-refractivity contribution is 6.76. The number of rotatable bonds is 5. The summed E-state index contributed by atoms with van der Waals surface area (Å²) in [6.07, 6.45) is -5.79. The van der Waals surface area contributed by atoms with Crippen molar-refractivity contribution in [2.75, 3.05) is 11.5 Å². The maximum absolute atomic E-state index is 15.1. The topological polar surface area (TPSA) is 109 Å². The van der Waals surface area contributed by atoms with Gasteiger partial charge >= 0.3 is 12.3 Å². The minimum Gasteiger partial charge on any atom is -0.450 e. The van der Waals surface area contributed by atoms with E-state index in [1.807, 2.05) is 0 Å². The molecule has 37 heavy (non-hydrogen) atoms. The van der Waals surface area contributed by atoms with E-state index in [4.69, 9.17) is 14.7 Å². The van der Waals surface area contributed by atoms with Gasteiger partial charge in [0.2, 0.25) is 11.8 Å². The van der Waals surface area contributed by atoms with Gasteiger partial charge in [-0.3, -0.25) is 9.59 Å². The minimum atomic E-state index is -5.22. The van der Waals surface area contributed by atoms with Crippen LogP contribution in [0.2, 0.25) is 25.7 Å². The Kier molecular flexibility index (Phi) is 6.23. The monoisotopic (exact) mass is 541 g/mol. The number of hydrogen-bond acceptors (Lipinski definition) is 6. The number of benzene rings is 1. The molecule has 3 amide bonds. The van der Waals surface area contributed by atoms with Crippen LogP contribution in [0.15, 0.2) is 12.1 Å². The predicted octanol–water partition coefficient (Wildman–Crippen LogP) is 4.21. The van der Waals surface area contributed by atoms with Gasteiger partial charge in [-0.2, -0.15) is 18.4 Å². The zero-order valence-electron chi connectivity index (χ0n) is 21.0. The van der Waals surface area contributed by atoms with Crippen molar-refractivity contribution < 1.29 is 41.4 Å². The minimum absolute atomic E-state index is 0.143. The lowest BCUT2D eigenvalue weighted by atomic mass is 9.66. The normalized spacial score (nSPS) is 30.9. The molecule has 0 saturated carbocycles. The Labute approximate surface area is 211 Å². The molecule has 0 unspecified atom stereocenters. The van der Waals surface area contributed by atoms with Gasteiger partial charge < -0.3 is 14.8 Å². The maximum atomic E-state index is 15.1. The van der Waals surface area contributed by atoms with E-state index in [0.717, 1.165) is 18.2 Å². The first-order valence-corrected chi connectivity index (χ1v) is 15.5. The summed E-state index contributed by atoms with van der Waals surface area (Å²) in [5.74, 6) is -5.96. The highest BCUT2D eigenvalue weighted by atomic mass is 28.3. The molecule has 0 radical (unpaired) electrons. The number of amides is 3. The first kappa shape index (κ1) is 27.1. The lowest BCUT2D eigenvalue weighted by Gasteiger charge is -2.35. The first-order valence-electron chi connectivity index (χ1n) is 11.8. The van der Waals surface area contributed by atoms with Gasteiger partial charge in [0, 0.05) is 14.5 Å². The van der Waals surface area contributed by atoms with E-state index in [9.17, 15) is 27.6 Å². The lowest BCUT2D eigenvalue weighted by Crippen LogP contribution is -2.56. The van der Waals surface area contributed by atoms with Gasteiger partial charge in [0.15, 0.2) is 5.82 Å². The third-order valence-corrected chi connectivity index (χ3v) is 9.18. The van der Waals surface area contributed by atoms with Crippen LogP contribution >= 0.6 is 0 Å². The molecular formula is C24H27F4N3O5Si. The van der Waals surface area contributed by atoms with Crippen LogP contribution in [-0.4, -0.2) is 49.8 Å². The molecule has 2 bridgehead atoms. The number of anilines is 1. The van der Waals surface area contributed by atoms with E-state index in [2.05, 4.69) is 25.0 Å². The van der Waals surface area contributed by atoms with Crippen molar-refractivity contribution in [3.8, 4) is 6.07 Å². The van der Waals surface area contributed by atoms with Gasteiger partial charge in [0.1, 0.15) is 5.56 Å². The zero-order valence-corrected chi connectivity index (χ0v) is 22.0. The second-order valence-corrected chi connectivity index (χ2v) is 17.0. The number of nitrogens with zero attached hydrogens (tertiary/aromatic N) is 2. The number of carbonyl (C=O) groups is 3. The number of imide groups is 1. The quantitative estimate of drug-likeness (QED) is 0.340. The summed E-state index contributed by atoms with van der Waals surface area (Å²) in [5, 5.41) is 11.7. The van der Waals surface area contributed by atoms with Gasteiger partial charge in [0.05, 0.1) is 53.0 Å². The predicted molar refractivity (Wildman–Crippen MR) is 125 cm³/mol. The Balaban J connectivity index is 1.63. The number of alkyl halides is 3. The van der Waals surface area contributed by atoms with E-state index >= 15 is 4.39 Å². The lowest BCUT2D eigenvalue weighted by molar-refractivity contribution is -0.140. The van der Waals surface area contributed by atoms with E-state index in [-0.39, 0.29) is 13.0 Å². The summed E-state index contributed by atoms with van der Waals surface area (Å²) in [5.41, 5.74) is -6.30. The molecule has 3 aliphatic rings. The van der Waals surface area contributed by atoms with Crippen LogP contribution in [0.1, 0.15) is 31.4 Å². The second-order valence-electron chi connectivity index (χ2n) is 11.3. The van der Waals surface area contributed by atoms with Crippen molar-refractivity contribution in [1.82, 2.24) is 5.32 Å². The number of carbonyl (C=O) groups excluding carboxylic acids is 3.